The summed E-state index contributed by atoms with van der Waals surface area (Å²) in [5.41, 5.74) is 7.85. The maximum absolute atomic E-state index is 9.39. The first-order chi connectivity index (χ1) is 6.72. The standard InChI is InChI=1S/C11H14N2O.Y/c1-13-7-8(4-5-12)10-6-9(14)2-3-11(10)13;/h2-3,6-7,14H,4-5,12H2,1H3;. The molecule has 2 aromatic rings. The normalized spacial score (nSPS) is 10.3. The predicted molar refractivity (Wildman–Crippen MR) is 57.3 cm³/mol. The van der Waals surface area contributed by atoms with E-state index in [1.54, 1.807) is 12.1 Å². The van der Waals surface area contributed by atoms with E-state index < -0.39 is 0 Å². The van der Waals surface area contributed by atoms with Gasteiger partial charge in [0.1, 0.15) is 5.75 Å². The zero-order chi connectivity index (χ0) is 10.1. The van der Waals surface area contributed by atoms with Gasteiger partial charge in [-0.1, -0.05) is 0 Å². The first-order valence-corrected chi connectivity index (χ1v) is 4.69. The van der Waals surface area contributed by atoms with Crippen molar-refractivity contribution in [2.75, 3.05) is 6.54 Å². The van der Waals surface area contributed by atoms with Gasteiger partial charge in [-0.15, -0.1) is 0 Å². The molecule has 0 unspecified atom stereocenters. The summed E-state index contributed by atoms with van der Waals surface area (Å²) in [6, 6.07) is 5.42. The molecule has 15 heavy (non-hydrogen) atoms. The van der Waals surface area contributed by atoms with Crippen LogP contribution in [-0.2, 0) is 46.2 Å². The van der Waals surface area contributed by atoms with E-state index in [9.17, 15) is 5.11 Å². The van der Waals surface area contributed by atoms with E-state index in [0.717, 1.165) is 17.3 Å². The van der Waals surface area contributed by atoms with E-state index in [1.807, 2.05) is 13.1 Å². The Hall–Kier alpha value is -0.376. The van der Waals surface area contributed by atoms with Crippen molar-refractivity contribution in [1.29, 1.82) is 0 Å². The number of hydrogen-bond donors (Lipinski definition) is 2. The molecular weight excluding hydrogens is 265 g/mol. The Morgan fingerprint density at radius 2 is 2.13 bits per heavy atom. The number of fused-ring (bicyclic) bond motifs is 1. The van der Waals surface area contributed by atoms with Crippen LogP contribution in [0.25, 0.3) is 10.9 Å². The molecule has 77 valence electrons. The second-order valence-electron chi connectivity index (χ2n) is 3.51. The van der Waals surface area contributed by atoms with Gasteiger partial charge in [0.25, 0.3) is 0 Å². The van der Waals surface area contributed by atoms with Gasteiger partial charge in [0.2, 0.25) is 0 Å². The van der Waals surface area contributed by atoms with Gasteiger partial charge in [0.05, 0.1) is 0 Å². The quantitative estimate of drug-likeness (QED) is 0.872. The minimum absolute atomic E-state index is 0. The zero-order valence-corrected chi connectivity index (χ0v) is 11.6. The number of aryl methyl sites for hydroxylation is 1. The van der Waals surface area contributed by atoms with Crippen LogP contribution in [0.15, 0.2) is 24.4 Å². The molecule has 2 rings (SSSR count). The molecule has 0 atom stereocenters. The van der Waals surface area contributed by atoms with Crippen molar-refractivity contribution in [2.45, 2.75) is 6.42 Å². The van der Waals surface area contributed by atoms with Gasteiger partial charge in [0, 0.05) is 56.9 Å². The van der Waals surface area contributed by atoms with Gasteiger partial charge < -0.3 is 15.4 Å². The first kappa shape index (κ1) is 12.7. The van der Waals surface area contributed by atoms with Crippen molar-refractivity contribution in [3.63, 3.8) is 0 Å². The van der Waals surface area contributed by atoms with Crippen molar-refractivity contribution in [2.24, 2.45) is 12.8 Å². The Morgan fingerprint density at radius 1 is 1.40 bits per heavy atom. The van der Waals surface area contributed by atoms with Crippen LogP contribution in [0.2, 0.25) is 0 Å². The summed E-state index contributed by atoms with van der Waals surface area (Å²) in [7, 11) is 2.00. The number of benzene rings is 1. The number of phenols is 1. The Labute approximate surface area is 114 Å². The first-order valence-electron chi connectivity index (χ1n) is 4.69. The topological polar surface area (TPSA) is 51.2 Å². The third-order valence-corrected chi connectivity index (χ3v) is 2.47. The molecular formula is C11H14N2OY. The number of aromatic hydroxyl groups is 1. The average molecular weight is 279 g/mol. The van der Waals surface area contributed by atoms with Crippen molar-refractivity contribution in [3.05, 3.63) is 30.0 Å². The third-order valence-electron chi connectivity index (χ3n) is 2.47. The van der Waals surface area contributed by atoms with Gasteiger partial charge in [-0.2, -0.15) is 0 Å². The number of rotatable bonds is 2. The Kier molecular flexibility index (Phi) is 4.32. The molecule has 0 aliphatic rings. The van der Waals surface area contributed by atoms with E-state index in [0.29, 0.717) is 12.3 Å². The molecule has 0 aliphatic heterocycles. The van der Waals surface area contributed by atoms with Gasteiger partial charge in [-0.3, -0.25) is 0 Å². The Bertz CT molecular complexity index is 465. The molecule has 0 aliphatic carbocycles. The smallest absolute Gasteiger partial charge is 0.116 e. The van der Waals surface area contributed by atoms with Crippen molar-refractivity contribution < 1.29 is 37.8 Å². The largest absolute Gasteiger partial charge is 0.508 e. The van der Waals surface area contributed by atoms with Crippen molar-refractivity contribution in [1.82, 2.24) is 4.57 Å². The molecule has 1 radical (unpaired) electrons. The summed E-state index contributed by atoms with van der Waals surface area (Å²) in [6.07, 6.45) is 2.91. The number of hydrogen-bond acceptors (Lipinski definition) is 2. The minimum atomic E-state index is 0. The number of aromatic nitrogens is 1. The van der Waals surface area contributed by atoms with Gasteiger partial charge in [-0.25, -0.2) is 0 Å². The van der Waals surface area contributed by atoms with Crippen LogP contribution in [0.5, 0.6) is 5.75 Å². The van der Waals surface area contributed by atoms with Crippen LogP contribution < -0.4 is 5.73 Å². The average Bonchev–Trinajstić information content (AvgIpc) is 2.44. The van der Waals surface area contributed by atoms with E-state index in [1.165, 1.54) is 5.56 Å². The molecule has 1 heterocycles. The maximum atomic E-state index is 9.39. The second kappa shape index (κ2) is 5.10. The molecule has 1 aromatic heterocycles. The van der Waals surface area contributed by atoms with Crippen LogP contribution in [0.1, 0.15) is 5.56 Å². The summed E-state index contributed by atoms with van der Waals surface area (Å²) < 4.78 is 2.06. The fourth-order valence-electron chi connectivity index (χ4n) is 1.82. The van der Waals surface area contributed by atoms with Gasteiger partial charge in [-0.05, 0) is 36.7 Å². The van der Waals surface area contributed by atoms with Crippen molar-refractivity contribution in [3.8, 4) is 5.75 Å². The van der Waals surface area contributed by atoms with E-state index in [2.05, 4.69) is 10.8 Å². The number of nitrogens with zero attached hydrogens (tertiary/aromatic N) is 1. The van der Waals surface area contributed by atoms with Crippen LogP contribution in [0.3, 0.4) is 0 Å². The summed E-state index contributed by atoms with van der Waals surface area (Å²) in [5.74, 6) is 0.307. The Morgan fingerprint density at radius 3 is 2.80 bits per heavy atom. The second-order valence-corrected chi connectivity index (χ2v) is 3.51. The maximum Gasteiger partial charge on any atom is 0.116 e. The van der Waals surface area contributed by atoms with E-state index in [4.69, 9.17) is 5.73 Å². The molecule has 3 N–H and O–H groups in total. The molecule has 0 saturated heterocycles. The van der Waals surface area contributed by atoms with Crippen molar-refractivity contribution >= 4 is 10.9 Å². The molecule has 0 spiro atoms. The monoisotopic (exact) mass is 279 g/mol. The van der Waals surface area contributed by atoms with Gasteiger partial charge in [0.15, 0.2) is 0 Å². The Balaban J connectivity index is 0.00000112. The van der Waals surface area contributed by atoms with Crippen LogP contribution in [0.4, 0.5) is 0 Å². The molecule has 0 amide bonds. The number of phenolic OH excluding ortho intramolecular Hbond substituents is 1. The van der Waals surface area contributed by atoms with Crippen LogP contribution >= 0.6 is 0 Å². The summed E-state index contributed by atoms with van der Waals surface area (Å²) in [6.45, 7) is 0.634. The fraction of sp³-hybridized carbons (Fsp3) is 0.273. The van der Waals surface area contributed by atoms with Crippen LogP contribution in [-0.4, -0.2) is 16.2 Å². The van der Waals surface area contributed by atoms with Gasteiger partial charge >= 0.3 is 0 Å². The molecule has 1 aromatic carbocycles. The third kappa shape index (κ3) is 2.41. The number of nitrogens with two attached hydrogens (primary N) is 1. The summed E-state index contributed by atoms with van der Waals surface area (Å²) >= 11 is 0. The molecule has 3 nitrogen and oxygen atoms in total. The summed E-state index contributed by atoms with van der Waals surface area (Å²) in [4.78, 5) is 0. The SMILES string of the molecule is Cn1cc(CCN)c2cc(O)ccc21.[Y]. The fourth-order valence-corrected chi connectivity index (χ4v) is 1.82. The van der Waals surface area contributed by atoms with E-state index >= 15 is 0 Å². The van der Waals surface area contributed by atoms with E-state index in [-0.39, 0.29) is 32.7 Å². The molecule has 4 heteroatoms. The summed E-state index contributed by atoms with van der Waals surface area (Å²) in [5, 5.41) is 10.5. The molecule has 0 fully saturated rings. The molecule has 0 bridgehead atoms. The minimum Gasteiger partial charge on any atom is -0.508 e. The van der Waals surface area contributed by atoms with Crippen LogP contribution in [0, 0.1) is 0 Å². The predicted octanol–water partition coefficient (Wildman–Crippen LogP) is 1.38. The zero-order valence-electron chi connectivity index (χ0n) is 8.77. The molecule has 0 saturated carbocycles.